The number of rotatable bonds is 8. The Kier molecular flexibility index (Phi) is 8.10. The Morgan fingerprint density at radius 1 is 1.33 bits per heavy atom. The molecule has 0 aromatic carbocycles. The summed E-state index contributed by atoms with van der Waals surface area (Å²) in [6, 6.07) is 0. The lowest BCUT2D eigenvalue weighted by molar-refractivity contribution is 0.150. The van der Waals surface area contributed by atoms with Gasteiger partial charge in [-0.3, -0.25) is 4.84 Å². The Morgan fingerprint density at radius 3 is 2.56 bits per heavy atom. The molecule has 0 radical (unpaired) electrons. The molecule has 0 fully saturated rings. The number of amidine groups is 1. The molecule has 0 unspecified atom stereocenters. The van der Waals surface area contributed by atoms with Crippen LogP contribution in [0, 0.1) is 0 Å². The van der Waals surface area contributed by atoms with Gasteiger partial charge in [-0.25, -0.2) is 13.2 Å². The topological polar surface area (TPSA) is 111 Å². The Balaban J connectivity index is 4.07. The number of hydrogen-bond donors (Lipinski definition) is 2. The van der Waals surface area contributed by atoms with Crippen LogP contribution in [0.2, 0.25) is 0 Å². The monoisotopic (exact) mass is 279 g/mol. The van der Waals surface area contributed by atoms with Gasteiger partial charge in [0.2, 0.25) is 0 Å². The van der Waals surface area contributed by atoms with E-state index in [1.165, 1.54) is 0 Å². The number of nitrogens with two attached hydrogens (primary N) is 1. The first-order chi connectivity index (χ1) is 8.41. The minimum absolute atomic E-state index is 0.0336. The van der Waals surface area contributed by atoms with Gasteiger partial charge >= 0.3 is 6.09 Å². The molecule has 0 aromatic rings. The van der Waals surface area contributed by atoms with Crippen molar-refractivity contribution in [1.82, 2.24) is 5.32 Å². The molecule has 0 aromatic heterocycles. The highest BCUT2D eigenvalue weighted by molar-refractivity contribution is 7.92. The van der Waals surface area contributed by atoms with Crippen LogP contribution < -0.4 is 11.1 Å². The number of carbonyl (C=O) groups is 1. The maximum atomic E-state index is 11.4. The maximum absolute atomic E-state index is 11.4. The van der Waals surface area contributed by atoms with Crippen LogP contribution in [0.1, 0.15) is 33.1 Å². The number of unbranched alkanes of at least 4 members (excludes halogenated alkanes) is 1. The fourth-order valence-electron chi connectivity index (χ4n) is 1.13. The lowest BCUT2D eigenvalue weighted by Crippen LogP contribution is -2.28. The van der Waals surface area contributed by atoms with E-state index in [4.69, 9.17) is 5.73 Å². The van der Waals surface area contributed by atoms with Crippen LogP contribution in [-0.4, -0.2) is 38.4 Å². The number of sulfone groups is 1. The largest absolute Gasteiger partial charge is 0.433 e. The molecule has 0 aliphatic carbocycles. The third-order valence-corrected chi connectivity index (χ3v) is 3.69. The van der Waals surface area contributed by atoms with Crippen molar-refractivity contribution in [3.8, 4) is 0 Å². The highest BCUT2D eigenvalue weighted by atomic mass is 32.2. The van der Waals surface area contributed by atoms with E-state index in [1.807, 2.05) is 6.92 Å². The molecule has 0 rings (SSSR count). The summed E-state index contributed by atoms with van der Waals surface area (Å²) in [4.78, 5) is 15.5. The second kappa shape index (κ2) is 8.73. The Bertz CT molecular complexity index is 379. The van der Waals surface area contributed by atoms with Crippen LogP contribution in [0.4, 0.5) is 4.79 Å². The van der Waals surface area contributed by atoms with E-state index in [2.05, 4.69) is 15.3 Å². The molecule has 0 aliphatic heterocycles. The van der Waals surface area contributed by atoms with Crippen LogP contribution in [0.25, 0.3) is 0 Å². The maximum Gasteiger partial charge on any atom is 0.433 e. The molecule has 106 valence electrons. The van der Waals surface area contributed by atoms with E-state index < -0.39 is 21.7 Å². The molecule has 0 atom stereocenters. The first-order valence-electron chi connectivity index (χ1n) is 5.89. The van der Waals surface area contributed by atoms with Crippen molar-refractivity contribution in [1.29, 1.82) is 0 Å². The predicted octanol–water partition coefficient (Wildman–Crippen LogP) is 0.610. The Hall–Kier alpha value is -1.31. The highest BCUT2D eigenvalue weighted by Gasteiger charge is 2.12. The molecule has 0 spiro atoms. The number of amides is 1. The lowest BCUT2D eigenvalue weighted by atomic mass is 10.3. The van der Waals surface area contributed by atoms with Crippen LogP contribution in [-0.2, 0) is 14.7 Å². The third kappa shape index (κ3) is 8.80. The molecular formula is C10H21N3O4S. The molecule has 0 bridgehead atoms. The summed E-state index contributed by atoms with van der Waals surface area (Å²) in [5.41, 5.74) is 5.36. The van der Waals surface area contributed by atoms with E-state index in [-0.39, 0.29) is 11.6 Å². The summed E-state index contributed by atoms with van der Waals surface area (Å²) < 4.78 is 22.8. The lowest BCUT2D eigenvalue weighted by Gasteiger charge is -2.03. The van der Waals surface area contributed by atoms with Crippen molar-refractivity contribution in [2.45, 2.75) is 33.1 Å². The van der Waals surface area contributed by atoms with Crippen molar-refractivity contribution in [2.75, 3.05) is 18.1 Å². The van der Waals surface area contributed by atoms with Gasteiger partial charge < -0.3 is 11.1 Å². The molecule has 3 N–H and O–H groups in total. The normalized spacial score (nSPS) is 12.2. The van der Waals surface area contributed by atoms with E-state index >= 15 is 0 Å². The summed E-state index contributed by atoms with van der Waals surface area (Å²) in [6.07, 6.45) is 1.55. The standard InChI is InChI=1S/C10H21N3O4S/c1-3-5-6-12-10(14)17-13-9(11)8-18(15,16)7-4-2/h3-8H2,1-2H3,(H2,11,13)(H,12,14). The summed E-state index contributed by atoms with van der Waals surface area (Å²) in [5, 5.41) is 5.73. The van der Waals surface area contributed by atoms with E-state index in [0.717, 1.165) is 12.8 Å². The molecule has 0 saturated heterocycles. The number of nitrogens with one attached hydrogen (secondary N) is 1. The molecule has 7 nitrogen and oxygen atoms in total. The molecule has 18 heavy (non-hydrogen) atoms. The second-order valence-corrected chi connectivity index (χ2v) is 6.02. The van der Waals surface area contributed by atoms with Gasteiger partial charge in [0.05, 0.1) is 5.75 Å². The van der Waals surface area contributed by atoms with Gasteiger partial charge in [-0.2, -0.15) is 0 Å². The fraction of sp³-hybridized carbons (Fsp3) is 0.800. The van der Waals surface area contributed by atoms with E-state index in [9.17, 15) is 13.2 Å². The average molecular weight is 279 g/mol. The second-order valence-electron chi connectivity index (χ2n) is 3.83. The molecule has 0 saturated carbocycles. The first-order valence-corrected chi connectivity index (χ1v) is 7.71. The van der Waals surface area contributed by atoms with Crippen LogP contribution in [0.15, 0.2) is 5.16 Å². The van der Waals surface area contributed by atoms with Crippen molar-refractivity contribution >= 4 is 21.8 Å². The van der Waals surface area contributed by atoms with Gasteiger partial charge in [0.1, 0.15) is 5.75 Å². The number of oxime groups is 1. The molecule has 8 heteroatoms. The van der Waals surface area contributed by atoms with Gasteiger partial charge in [-0.1, -0.05) is 25.4 Å². The van der Waals surface area contributed by atoms with Gasteiger partial charge in [-0.15, -0.1) is 0 Å². The Morgan fingerprint density at radius 2 is 2.00 bits per heavy atom. The van der Waals surface area contributed by atoms with Gasteiger partial charge in [0.25, 0.3) is 0 Å². The minimum Gasteiger partial charge on any atom is -0.384 e. The molecular weight excluding hydrogens is 258 g/mol. The zero-order valence-electron chi connectivity index (χ0n) is 10.8. The summed E-state index contributed by atoms with van der Waals surface area (Å²) >= 11 is 0. The Labute approximate surface area is 108 Å². The van der Waals surface area contributed by atoms with Crippen molar-refractivity contribution in [2.24, 2.45) is 10.9 Å². The zero-order chi connectivity index (χ0) is 14.0. The minimum atomic E-state index is -3.27. The average Bonchev–Trinajstić information content (AvgIpc) is 2.26. The van der Waals surface area contributed by atoms with Gasteiger partial charge in [0.15, 0.2) is 15.7 Å². The summed E-state index contributed by atoms with van der Waals surface area (Å²) in [6.45, 7) is 4.23. The smallest absolute Gasteiger partial charge is 0.384 e. The number of carbonyl (C=O) groups excluding carboxylic acids is 1. The molecule has 0 aliphatic rings. The van der Waals surface area contributed by atoms with Crippen LogP contribution in [0.3, 0.4) is 0 Å². The number of hydrogen-bond acceptors (Lipinski definition) is 5. The summed E-state index contributed by atoms with van der Waals surface area (Å²) in [5.74, 6) is -0.594. The SMILES string of the molecule is CCCCNC(=O)O/N=C(\N)CS(=O)(=O)CCC. The van der Waals surface area contributed by atoms with E-state index in [1.54, 1.807) is 6.92 Å². The number of nitrogens with zero attached hydrogens (tertiary/aromatic N) is 1. The predicted molar refractivity (Wildman–Crippen MR) is 70.0 cm³/mol. The molecule has 1 amide bonds. The zero-order valence-corrected chi connectivity index (χ0v) is 11.6. The fourth-order valence-corrected chi connectivity index (χ4v) is 2.40. The third-order valence-electron chi connectivity index (χ3n) is 1.93. The quantitative estimate of drug-likeness (QED) is 0.222. The van der Waals surface area contributed by atoms with E-state index in [0.29, 0.717) is 13.0 Å². The highest BCUT2D eigenvalue weighted by Crippen LogP contribution is 1.94. The summed E-state index contributed by atoms with van der Waals surface area (Å²) in [7, 11) is -3.27. The van der Waals surface area contributed by atoms with Gasteiger partial charge in [-0.05, 0) is 12.8 Å². The van der Waals surface area contributed by atoms with Crippen LogP contribution in [0.5, 0.6) is 0 Å². The molecule has 0 heterocycles. The first kappa shape index (κ1) is 16.7. The van der Waals surface area contributed by atoms with Crippen molar-refractivity contribution in [3.63, 3.8) is 0 Å². The van der Waals surface area contributed by atoms with Crippen molar-refractivity contribution in [3.05, 3.63) is 0 Å². The van der Waals surface area contributed by atoms with Crippen molar-refractivity contribution < 1.29 is 18.0 Å². The van der Waals surface area contributed by atoms with Gasteiger partial charge in [0, 0.05) is 6.54 Å². The van der Waals surface area contributed by atoms with Crippen LogP contribution >= 0.6 is 0 Å².